The van der Waals surface area contributed by atoms with Gasteiger partial charge in [-0.1, -0.05) is 6.07 Å². The highest BCUT2D eigenvalue weighted by Gasteiger charge is 2.25. The molecule has 3 heterocycles. The minimum absolute atomic E-state index is 0.167. The van der Waals surface area contributed by atoms with Crippen LogP contribution in [0, 0.1) is 6.92 Å². The molecule has 1 N–H and O–H groups in total. The second kappa shape index (κ2) is 5.54. The molecule has 2 aromatic rings. The third-order valence-electron chi connectivity index (χ3n) is 3.62. The van der Waals surface area contributed by atoms with Crippen molar-refractivity contribution in [2.24, 2.45) is 0 Å². The Kier molecular flexibility index (Phi) is 3.60. The summed E-state index contributed by atoms with van der Waals surface area (Å²) in [7, 11) is 0. The van der Waals surface area contributed by atoms with Gasteiger partial charge < -0.3 is 10.0 Å². The van der Waals surface area contributed by atoms with E-state index in [1.165, 1.54) is 0 Å². The summed E-state index contributed by atoms with van der Waals surface area (Å²) < 4.78 is 0. The fraction of sp³-hybridized carbons (Fsp3) is 0.400. The van der Waals surface area contributed by atoms with Crippen LogP contribution in [0.5, 0.6) is 0 Å². The van der Waals surface area contributed by atoms with Gasteiger partial charge in [-0.2, -0.15) is 0 Å². The second-order valence-corrected chi connectivity index (χ2v) is 5.08. The minimum Gasteiger partial charge on any atom is -0.394 e. The molecule has 20 heavy (non-hydrogen) atoms. The van der Waals surface area contributed by atoms with Crippen LogP contribution in [0.3, 0.4) is 0 Å². The molecule has 0 unspecified atom stereocenters. The molecule has 5 heteroatoms. The van der Waals surface area contributed by atoms with Gasteiger partial charge in [0.25, 0.3) is 0 Å². The van der Waals surface area contributed by atoms with Crippen LogP contribution in [-0.4, -0.2) is 39.3 Å². The lowest BCUT2D eigenvalue weighted by molar-refractivity contribution is 0.266. The zero-order valence-electron chi connectivity index (χ0n) is 11.5. The molecule has 0 bridgehead atoms. The molecule has 0 aliphatic carbocycles. The van der Waals surface area contributed by atoms with E-state index in [0.29, 0.717) is 5.82 Å². The monoisotopic (exact) mass is 270 g/mol. The normalized spacial score (nSPS) is 18.5. The van der Waals surface area contributed by atoms with Gasteiger partial charge in [-0.05, 0) is 31.9 Å². The van der Waals surface area contributed by atoms with Gasteiger partial charge >= 0.3 is 0 Å². The maximum Gasteiger partial charge on any atom is 0.180 e. The second-order valence-electron chi connectivity index (χ2n) is 5.08. The first-order valence-electron chi connectivity index (χ1n) is 6.92. The van der Waals surface area contributed by atoms with Crippen molar-refractivity contribution in [3.63, 3.8) is 0 Å². The van der Waals surface area contributed by atoms with Gasteiger partial charge in [0, 0.05) is 24.5 Å². The predicted molar refractivity (Wildman–Crippen MR) is 77.5 cm³/mol. The number of aliphatic hydroxyl groups excluding tert-OH is 1. The van der Waals surface area contributed by atoms with Crippen molar-refractivity contribution < 1.29 is 5.11 Å². The Hall–Kier alpha value is -2.01. The van der Waals surface area contributed by atoms with Gasteiger partial charge in [0.15, 0.2) is 5.82 Å². The summed E-state index contributed by atoms with van der Waals surface area (Å²) in [5.41, 5.74) is 1.69. The highest BCUT2D eigenvalue weighted by atomic mass is 16.3. The smallest absolute Gasteiger partial charge is 0.180 e. The molecular formula is C15H18N4O. The first-order chi connectivity index (χ1) is 9.78. The lowest BCUT2D eigenvalue weighted by Crippen LogP contribution is -2.32. The van der Waals surface area contributed by atoms with Crippen LogP contribution < -0.4 is 4.90 Å². The van der Waals surface area contributed by atoms with E-state index >= 15 is 0 Å². The molecule has 1 aliphatic heterocycles. The van der Waals surface area contributed by atoms with Crippen LogP contribution in [0.25, 0.3) is 11.5 Å². The van der Waals surface area contributed by atoms with Crippen molar-refractivity contribution in [1.29, 1.82) is 0 Å². The van der Waals surface area contributed by atoms with Crippen molar-refractivity contribution in [1.82, 2.24) is 15.0 Å². The number of hydrogen-bond acceptors (Lipinski definition) is 5. The molecule has 1 atom stereocenters. The molecule has 1 aliphatic rings. The van der Waals surface area contributed by atoms with Crippen molar-refractivity contribution in [2.75, 3.05) is 18.1 Å². The van der Waals surface area contributed by atoms with Crippen LogP contribution in [0.4, 0.5) is 5.82 Å². The summed E-state index contributed by atoms with van der Waals surface area (Å²) in [4.78, 5) is 15.6. The van der Waals surface area contributed by atoms with Crippen LogP contribution >= 0.6 is 0 Å². The van der Waals surface area contributed by atoms with Gasteiger partial charge in [-0.25, -0.2) is 9.97 Å². The summed E-state index contributed by atoms with van der Waals surface area (Å²) in [6.45, 7) is 3.06. The number of nitrogens with zero attached hydrogens (tertiary/aromatic N) is 4. The van der Waals surface area contributed by atoms with Crippen molar-refractivity contribution >= 4 is 5.82 Å². The molecule has 0 spiro atoms. The summed E-state index contributed by atoms with van der Waals surface area (Å²) in [5.74, 6) is 1.53. The molecule has 104 valence electrons. The van der Waals surface area contributed by atoms with E-state index < -0.39 is 0 Å². The van der Waals surface area contributed by atoms with Crippen molar-refractivity contribution in [3.05, 3.63) is 36.2 Å². The first kappa shape index (κ1) is 13.0. The Morgan fingerprint density at radius 2 is 2.25 bits per heavy atom. The molecule has 3 rings (SSSR count). The molecule has 0 radical (unpaired) electrons. The highest BCUT2D eigenvalue weighted by Crippen LogP contribution is 2.25. The predicted octanol–water partition coefficient (Wildman–Crippen LogP) is 1.81. The van der Waals surface area contributed by atoms with Crippen LogP contribution in [0.15, 0.2) is 30.5 Å². The van der Waals surface area contributed by atoms with Crippen molar-refractivity contribution in [3.8, 4) is 11.5 Å². The lowest BCUT2D eigenvalue weighted by atomic mass is 10.2. The van der Waals surface area contributed by atoms with Gasteiger partial charge in [0.2, 0.25) is 0 Å². The van der Waals surface area contributed by atoms with E-state index in [2.05, 4.69) is 19.9 Å². The van der Waals surface area contributed by atoms with E-state index in [9.17, 15) is 5.11 Å². The molecule has 2 aromatic heterocycles. The average Bonchev–Trinajstić information content (AvgIpc) is 2.96. The standard InChI is InChI=1S/C15H18N4O/c1-11-9-14(19-8-4-5-12(19)10-20)18-15(17-11)13-6-2-3-7-16-13/h2-3,6-7,9,12,20H,4-5,8,10H2,1H3/t12-/m1/s1. The number of aromatic nitrogens is 3. The molecule has 1 fully saturated rings. The van der Waals surface area contributed by atoms with Crippen molar-refractivity contribution in [2.45, 2.75) is 25.8 Å². The third-order valence-corrected chi connectivity index (χ3v) is 3.62. The fourth-order valence-corrected chi connectivity index (χ4v) is 2.64. The average molecular weight is 270 g/mol. The minimum atomic E-state index is 0.167. The van der Waals surface area contributed by atoms with E-state index in [-0.39, 0.29) is 12.6 Å². The molecular weight excluding hydrogens is 252 g/mol. The SMILES string of the molecule is Cc1cc(N2CCC[C@@H]2CO)nc(-c2ccccn2)n1. The quantitative estimate of drug-likeness (QED) is 0.921. The van der Waals surface area contributed by atoms with Gasteiger partial charge in [0.05, 0.1) is 12.6 Å². The Bertz CT molecular complexity index is 588. The van der Waals surface area contributed by atoms with E-state index in [1.807, 2.05) is 31.2 Å². The zero-order chi connectivity index (χ0) is 13.9. The Balaban J connectivity index is 1.99. The Morgan fingerprint density at radius 1 is 1.35 bits per heavy atom. The molecule has 0 aromatic carbocycles. The van der Waals surface area contributed by atoms with Crippen LogP contribution in [0.2, 0.25) is 0 Å². The molecule has 0 saturated carbocycles. The third kappa shape index (κ3) is 2.49. The number of aliphatic hydroxyl groups is 1. The number of anilines is 1. The summed E-state index contributed by atoms with van der Waals surface area (Å²) in [6.07, 6.45) is 3.85. The molecule has 0 amide bonds. The number of pyridine rings is 1. The number of aryl methyl sites for hydroxylation is 1. The van der Waals surface area contributed by atoms with E-state index in [4.69, 9.17) is 0 Å². The number of hydrogen-bond donors (Lipinski definition) is 1. The lowest BCUT2D eigenvalue weighted by Gasteiger charge is -2.24. The molecule has 5 nitrogen and oxygen atoms in total. The zero-order valence-corrected chi connectivity index (χ0v) is 11.5. The van der Waals surface area contributed by atoms with E-state index in [0.717, 1.165) is 36.6 Å². The van der Waals surface area contributed by atoms with Gasteiger partial charge in [-0.15, -0.1) is 0 Å². The highest BCUT2D eigenvalue weighted by molar-refractivity contribution is 5.54. The summed E-state index contributed by atoms with van der Waals surface area (Å²) in [6, 6.07) is 7.86. The first-order valence-corrected chi connectivity index (χ1v) is 6.92. The fourth-order valence-electron chi connectivity index (χ4n) is 2.64. The maximum absolute atomic E-state index is 9.46. The Labute approximate surface area is 118 Å². The van der Waals surface area contributed by atoms with Gasteiger partial charge in [-0.3, -0.25) is 4.98 Å². The van der Waals surface area contributed by atoms with E-state index in [1.54, 1.807) is 6.20 Å². The van der Waals surface area contributed by atoms with Gasteiger partial charge in [0.1, 0.15) is 11.5 Å². The topological polar surface area (TPSA) is 62.1 Å². The van der Waals surface area contributed by atoms with Crippen LogP contribution in [0.1, 0.15) is 18.5 Å². The largest absolute Gasteiger partial charge is 0.394 e. The summed E-state index contributed by atoms with van der Waals surface area (Å²) in [5, 5.41) is 9.46. The number of rotatable bonds is 3. The Morgan fingerprint density at radius 3 is 3.00 bits per heavy atom. The summed E-state index contributed by atoms with van der Waals surface area (Å²) >= 11 is 0. The molecule has 1 saturated heterocycles. The van der Waals surface area contributed by atoms with Crippen LogP contribution in [-0.2, 0) is 0 Å². The maximum atomic E-state index is 9.46.